The first kappa shape index (κ1) is 16.3. The molecule has 0 saturated carbocycles. The van der Waals surface area contributed by atoms with Crippen LogP contribution in [0.3, 0.4) is 0 Å². The molecular weight excluding hydrogens is 326 g/mol. The topological polar surface area (TPSA) is 55.2 Å². The van der Waals surface area contributed by atoms with Gasteiger partial charge < -0.3 is 4.90 Å². The molecule has 0 N–H and O–H groups in total. The van der Waals surface area contributed by atoms with Crippen molar-refractivity contribution in [2.45, 2.75) is 19.0 Å². The Labute approximate surface area is 151 Å². The molecule has 5 nitrogen and oxygen atoms in total. The predicted octanol–water partition coefficient (Wildman–Crippen LogP) is 2.88. The molecular formula is C21H19N3O2. The third-order valence-corrected chi connectivity index (χ3v) is 4.75. The second-order valence-electron chi connectivity index (χ2n) is 6.38. The fraction of sp³-hybridized carbons (Fsp3) is 0.190. The van der Waals surface area contributed by atoms with Crippen LogP contribution in [-0.4, -0.2) is 27.1 Å². The standard InChI is InChI=1S/C21H19N3O2/c25-20-12-11-18(16-7-3-1-4-8-16)22-24(20)15-21(26)23-14-13-19(23)17-9-5-2-6-10-17/h1-12,19H,13-15H2. The van der Waals surface area contributed by atoms with Crippen molar-refractivity contribution in [1.82, 2.24) is 14.7 Å². The van der Waals surface area contributed by atoms with Gasteiger partial charge in [-0.2, -0.15) is 5.10 Å². The minimum atomic E-state index is -0.269. The minimum Gasteiger partial charge on any atom is -0.334 e. The number of amides is 1. The Morgan fingerprint density at radius 2 is 1.65 bits per heavy atom. The van der Waals surface area contributed by atoms with E-state index in [9.17, 15) is 9.59 Å². The van der Waals surface area contributed by atoms with Crippen LogP contribution in [0.2, 0.25) is 0 Å². The number of carbonyl (C=O) groups excluding carboxylic acids is 1. The smallest absolute Gasteiger partial charge is 0.267 e. The molecule has 1 amide bonds. The number of hydrogen-bond acceptors (Lipinski definition) is 3. The highest BCUT2D eigenvalue weighted by Crippen LogP contribution is 2.33. The molecule has 5 heteroatoms. The Balaban J connectivity index is 1.54. The molecule has 0 radical (unpaired) electrons. The van der Waals surface area contributed by atoms with E-state index >= 15 is 0 Å². The maximum atomic E-state index is 12.7. The lowest BCUT2D eigenvalue weighted by Crippen LogP contribution is -2.47. The molecule has 1 fully saturated rings. The van der Waals surface area contributed by atoms with Gasteiger partial charge in [-0.25, -0.2) is 4.68 Å². The van der Waals surface area contributed by atoms with Crippen LogP contribution in [0, 0.1) is 0 Å². The molecule has 4 rings (SSSR count). The summed E-state index contributed by atoms with van der Waals surface area (Å²) in [5.41, 5.74) is 2.46. The SMILES string of the molecule is O=C(Cn1nc(-c2ccccc2)ccc1=O)N1CCC1c1ccccc1. The lowest BCUT2D eigenvalue weighted by atomic mass is 9.95. The second kappa shape index (κ2) is 6.96. The van der Waals surface area contributed by atoms with Gasteiger partial charge in [0.05, 0.1) is 11.7 Å². The fourth-order valence-electron chi connectivity index (χ4n) is 3.25. The minimum absolute atomic E-state index is 0.0388. The number of hydrogen-bond donors (Lipinski definition) is 0. The van der Waals surface area contributed by atoms with Gasteiger partial charge in [0.25, 0.3) is 5.56 Å². The molecule has 0 aliphatic carbocycles. The van der Waals surface area contributed by atoms with Crippen molar-refractivity contribution < 1.29 is 4.79 Å². The zero-order valence-corrected chi connectivity index (χ0v) is 14.3. The van der Waals surface area contributed by atoms with Crippen LogP contribution in [0.4, 0.5) is 0 Å². The molecule has 1 aliphatic rings. The molecule has 0 spiro atoms. The molecule has 130 valence electrons. The average molecular weight is 345 g/mol. The van der Waals surface area contributed by atoms with Crippen molar-refractivity contribution in [2.75, 3.05) is 6.54 Å². The van der Waals surface area contributed by atoms with Gasteiger partial charge in [-0.1, -0.05) is 60.7 Å². The van der Waals surface area contributed by atoms with Gasteiger partial charge in [0, 0.05) is 18.2 Å². The van der Waals surface area contributed by atoms with Gasteiger partial charge in [-0.15, -0.1) is 0 Å². The van der Waals surface area contributed by atoms with Gasteiger partial charge in [0.2, 0.25) is 5.91 Å². The van der Waals surface area contributed by atoms with Crippen molar-refractivity contribution in [3.8, 4) is 11.3 Å². The van der Waals surface area contributed by atoms with Gasteiger partial charge in [0.15, 0.2) is 0 Å². The Kier molecular flexibility index (Phi) is 4.35. The Hall–Kier alpha value is -3.21. The van der Waals surface area contributed by atoms with E-state index in [1.54, 1.807) is 6.07 Å². The monoisotopic (exact) mass is 345 g/mol. The Morgan fingerprint density at radius 1 is 0.962 bits per heavy atom. The first-order valence-electron chi connectivity index (χ1n) is 8.70. The van der Waals surface area contributed by atoms with Gasteiger partial charge in [-0.05, 0) is 18.1 Å². The summed E-state index contributed by atoms with van der Waals surface area (Å²) in [6.07, 6.45) is 0.947. The lowest BCUT2D eigenvalue weighted by molar-refractivity contribution is -0.140. The summed E-state index contributed by atoms with van der Waals surface area (Å²) in [5, 5.41) is 4.38. The highest BCUT2D eigenvalue weighted by atomic mass is 16.2. The summed E-state index contributed by atoms with van der Waals surface area (Å²) < 4.78 is 1.25. The number of aromatic nitrogens is 2. The average Bonchev–Trinajstić information content (AvgIpc) is 2.64. The van der Waals surface area contributed by atoms with Crippen molar-refractivity contribution in [3.63, 3.8) is 0 Å². The molecule has 1 atom stereocenters. The van der Waals surface area contributed by atoms with E-state index in [4.69, 9.17) is 0 Å². The summed E-state index contributed by atoms with van der Waals surface area (Å²) >= 11 is 0. The maximum absolute atomic E-state index is 12.7. The number of nitrogens with zero attached hydrogens (tertiary/aromatic N) is 3. The molecule has 3 aromatic rings. The van der Waals surface area contributed by atoms with Crippen LogP contribution in [-0.2, 0) is 11.3 Å². The highest BCUT2D eigenvalue weighted by molar-refractivity contribution is 5.77. The third kappa shape index (κ3) is 3.16. The quantitative estimate of drug-likeness (QED) is 0.731. The molecule has 2 aromatic carbocycles. The largest absolute Gasteiger partial charge is 0.334 e. The van der Waals surface area contributed by atoms with E-state index in [-0.39, 0.29) is 24.1 Å². The van der Waals surface area contributed by atoms with Gasteiger partial charge >= 0.3 is 0 Å². The van der Waals surface area contributed by atoms with Crippen molar-refractivity contribution in [3.05, 3.63) is 88.7 Å². The number of benzene rings is 2. The summed E-state index contributed by atoms with van der Waals surface area (Å²) in [6.45, 7) is 0.675. The number of carbonyl (C=O) groups is 1. The predicted molar refractivity (Wildman–Crippen MR) is 99.4 cm³/mol. The lowest BCUT2D eigenvalue weighted by Gasteiger charge is -2.41. The second-order valence-corrected chi connectivity index (χ2v) is 6.38. The van der Waals surface area contributed by atoms with Crippen LogP contribution >= 0.6 is 0 Å². The molecule has 0 bridgehead atoms. The van der Waals surface area contributed by atoms with Gasteiger partial charge in [0.1, 0.15) is 6.54 Å². The Bertz CT molecular complexity index is 967. The van der Waals surface area contributed by atoms with E-state index in [0.717, 1.165) is 17.5 Å². The maximum Gasteiger partial charge on any atom is 0.267 e. The summed E-state index contributed by atoms with van der Waals surface area (Å²) in [5.74, 6) is -0.0788. The zero-order valence-electron chi connectivity index (χ0n) is 14.3. The van der Waals surface area contributed by atoms with E-state index in [1.807, 2.05) is 65.6 Å². The first-order valence-corrected chi connectivity index (χ1v) is 8.70. The molecule has 26 heavy (non-hydrogen) atoms. The number of likely N-dealkylation sites (tertiary alicyclic amines) is 1. The van der Waals surface area contributed by atoms with Crippen molar-refractivity contribution >= 4 is 5.91 Å². The van der Waals surface area contributed by atoms with Gasteiger partial charge in [-0.3, -0.25) is 9.59 Å². The zero-order chi connectivity index (χ0) is 17.9. The first-order chi connectivity index (χ1) is 12.7. The van der Waals surface area contributed by atoms with Crippen LogP contribution in [0.1, 0.15) is 18.0 Å². The molecule has 2 heterocycles. The molecule has 1 saturated heterocycles. The van der Waals surface area contributed by atoms with E-state index in [2.05, 4.69) is 5.10 Å². The van der Waals surface area contributed by atoms with Crippen LogP contribution < -0.4 is 5.56 Å². The summed E-state index contributed by atoms with van der Waals surface area (Å²) in [6, 6.07) is 22.9. The van der Waals surface area contributed by atoms with Crippen molar-refractivity contribution in [2.24, 2.45) is 0 Å². The Morgan fingerprint density at radius 3 is 2.31 bits per heavy atom. The molecule has 1 aromatic heterocycles. The number of rotatable bonds is 4. The summed E-state index contributed by atoms with van der Waals surface area (Å²) in [7, 11) is 0. The van der Waals surface area contributed by atoms with E-state index < -0.39 is 0 Å². The normalized spacial score (nSPS) is 16.2. The summed E-state index contributed by atoms with van der Waals surface area (Å²) in [4.78, 5) is 26.7. The fourth-order valence-corrected chi connectivity index (χ4v) is 3.25. The molecule has 1 unspecified atom stereocenters. The van der Waals surface area contributed by atoms with Crippen LogP contribution in [0.25, 0.3) is 11.3 Å². The van der Waals surface area contributed by atoms with E-state index in [1.165, 1.54) is 10.7 Å². The van der Waals surface area contributed by atoms with Crippen LogP contribution in [0.15, 0.2) is 77.6 Å². The molecule has 1 aliphatic heterocycles. The third-order valence-electron chi connectivity index (χ3n) is 4.75. The van der Waals surface area contributed by atoms with E-state index in [0.29, 0.717) is 12.2 Å². The highest BCUT2D eigenvalue weighted by Gasteiger charge is 2.33. The van der Waals surface area contributed by atoms with Crippen molar-refractivity contribution in [1.29, 1.82) is 0 Å². The van der Waals surface area contributed by atoms with Crippen LogP contribution in [0.5, 0.6) is 0 Å².